The van der Waals surface area contributed by atoms with E-state index in [2.05, 4.69) is 16.6 Å². The van der Waals surface area contributed by atoms with E-state index in [0.29, 0.717) is 10.6 Å². The summed E-state index contributed by atoms with van der Waals surface area (Å²) < 4.78 is 194. The number of oxime groups is 1. The van der Waals surface area contributed by atoms with Crippen molar-refractivity contribution < 1.29 is 75.9 Å². The van der Waals surface area contributed by atoms with Gasteiger partial charge in [0.25, 0.3) is 0 Å². The molecule has 0 aromatic heterocycles. The molecule has 0 bridgehead atoms. The van der Waals surface area contributed by atoms with Crippen LogP contribution >= 0.6 is 11.6 Å². The van der Waals surface area contributed by atoms with E-state index >= 15 is 0 Å². The fourth-order valence-corrected chi connectivity index (χ4v) is 6.03. The second-order valence-electron chi connectivity index (χ2n) is 12.8. The van der Waals surface area contributed by atoms with Gasteiger partial charge < -0.3 is 4.84 Å². The molecule has 1 aliphatic carbocycles. The molecular formula is C37H30ClF14NO3. The molecule has 0 aliphatic heterocycles. The lowest BCUT2D eigenvalue weighted by atomic mass is 9.69. The van der Waals surface area contributed by atoms with E-state index in [4.69, 9.17) is 11.6 Å². The second kappa shape index (κ2) is 16.2. The lowest BCUT2D eigenvalue weighted by Gasteiger charge is -2.37. The standard InChI is InChI=1S/C34H25F14NO3.C3H5Cl/c1-18-7-3-4-8-21(18)26(49-52-19(2)50)27(51)20-11-12-23-22-9-5-6-10-24(22)28(25(23)17-20,13-15-29(35,36)31(39,40)33(43,44)45)14-16-30(37,38)32(41,42)34(46,47)48;1-3(2)4/h3-12,17H,13-16H2,1-2H3;1H2,2H3/b49-26+;. The molecule has 0 heterocycles. The number of carbonyl (C=O) groups excluding carboxylic acids is 2. The molecule has 56 heavy (non-hydrogen) atoms. The Hall–Kier alpha value is -4.48. The van der Waals surface area contributed by atoms with E-state index in [1.165, 1.54) is 37.3 Å². The van der Waals surface area contributed by atoms with Crippen LogP contribution < -0.4 is 0 Å². The summed E-state index contributed by atoms with van der Waals surface area (Å²) >= 11 is 5.08. The number of fused-ring (bicyclic) bond motifs is 3. The third-order valence-electron chi connectivity index (χ3n) is 8.77. The number of hydrogen-bond donors (Lipinski definition) is 0. The zero-order valence-electron chi connectivity index (χ0n) is 29.2. The highest BCUT2D eigenvalue weighted by Gasteiger charge is 2.74. The van der Waals surface area contributed by atoms with Gasteiger partial charge in [-0.15, -0.1) is 0 Å². The molecule has 3 aromatic carbocycles. The van der Waals surface area contributed by atoms with Crippen LogP contribution in [0, 0.1) is 6.92 Å². The maximum Gasteiger partial charge on any atom is 0.459 e. The van der Waals surface area contributed by atoms with Crippen LogP contribution in [0.4, 0.5) is 61.5 Å². The molecule has 0 atom stereocenters. The van der Waals surface area contributed by atoms with Gasteiger partial charge >= 0.3 is 42.0 Å². The van der Waals surface area contributed by atoms with Gasteiger partial charge in [0.15, 0.2) is 5.71 Å². The number of Topliss-reactive ketones (excluding diaryl/α,β-unsaturated/α-hetero) is 1. The number of alkyl halides is 14. The fraction of sp³-hybridized carbons (Fsp3) is 0.378. The predicted molar refractivity (Wildman–Crippen MR) is 178 cm³/mol. The van der Waals surface area contributed by atoms with E-state index < -0.39 is 95.7 Å². The Labute approximate surface area is 315 Å². The number of aryl methyl sites for hydroxylation is 1. The summed E-state index contributed by atoms with van der Waals surface area (Å²) in [5.41, 5.74) is -4.27. The minimum atomic E-state index is -6.82. The maximum atomic E-state index is 14.8. The third-order valence-corrected chi connectivity index (χ3v) is 8.77. The smallest absolute Gasteiger partial charge is 0.318 e. The average molecular weight is 838 g/mol. The first-order valence-electron chi connectivity index (χ1n) is 16.0. The summed E-state index contributed by atoms with van der Waals surface area (Å²) in [6.45, 7) is 7.51. The van der Waals surface area contributed by atoms with Crippen LogP contribution in [0.2, 0.25) is 0 Å². The van der Waals surface area contributed by atoms with Crippen LogP contribution in [0.5, 0.6) is 0 Å². The summed E-state index contributed by atoms with van der Waals surface area (Å²) in [6.07, 6.45) is -21.8. The molecular weight excluding hydrogens is 808 g/mol. The van der Waals surface area contributed by atoms with Crippen molar-refractivity contribution >= 4 is 29.1 Å². The molecule has 0 unspecified atom stereocenters. The van der Waals surface area contributed by atoms with Gasteiger partial charge in [-0.1, -0.05) is 84.0 Å². The molecule has 0 N–H and O–H groups in total. The van der Waals surface area contributed by atoms with Crippen LogP contribution in [-0.2, 0) is 15.0 Å². The molecule has 3 aromatic rings. The highest BCUT2D eigenvalue weighted by Crippen LogP contribution is 2.59. The largest absolute Gasteiger partial charge is 0.459 e. The third kappa shape index (κ3) is 9.05. The van der Waals surface area contributed by atoms with Crippen molar-refractivity contribution in [3.05, 3.63) is 106 Å². The fourth-order valence-electron chi connectivity index (χ4n) is 6.03. The van der Waals surface area contributed by atoms with Gasteiger partial charge in [0.2, 0.25) is 5.78 Å². The minimum absolute atomic E-state index is 0.0546. The van der Waals surface area contributed by atoms with E-state index in [1.807, 2.05) is 0 Å². The normalized spacial score (nSPS) is 14.6. The lowest BCUT2D eigenvalue weighted by molar-refractivity contribution is -0.357. The van der Waals surface area contributed by atoms with Gasteiger partial charge in [-0.3, -0.25) is 4.79 Å². The van der Waals surface area contributed by atoms with E-state index in [1.54, 1.807) is 13.0 Å². The quantitative estimate of drug-likeness (QED) is 0.0600. The van der Waals surface area contributed by atoms with Crippen molar-refractivity contribution in [1.29, 1.82) is 0 Å². The summed E-state index contributed by atoms with van der Waals surface area (Å²) in [5, 5.41) is 4.22. The Morgan fingerprint density at radius 2 is 1.14 bits per heavy atom. The number of halogens is 15. The van der Waals surface area contributed by atoms with Crippen molar-refractivity contribution in [3.63, 3.8) is 0 Å². The molecule has 4 rings (SSSR count). The summed E-state index contributed by atoms with van der Waals surface area (Å²) in [5.74, 6) is -27.4. The number of carbonyl (C=O) groups is 2. The monoisotopic (exact) mass is 837 g/mol. The van der Waals surface area contributed by atoms with E-state index in [-0.39, 0.29) is 22.3 Å². The summed E-state index contributed by atoms with van der Waals surface area (Å²) in [4.78, 5) is 30.1. The SMILES string of the molecule is C=C(C)Cl.CC(=O)O/N=C(/C(=O)c1ccc2c(c1)C(CCC(F)(F)C(F)(F)C(F)(F)F)(CCC(F)(F)C(F)(F)C(F)(F)F)c1ccccc1-2)c1ccccc1C. The van der Waals surface area contributed by atoms with Crippen LogP contribution in [0.15, 0.2) is 83.5 Å². The zero-order valence-corrected chi connectivity index (χ0v) is 30.0. The molecule has 306 valence electrons. The molecule has 0 saturated heterocycles. The van der Waals surface area contributed by atoms with Gasteiger partial charge in [-0.2, -0.15) is 61.5 Å². The number of ketones is 1. The Bertz CT molecular complexity index is 1940. The maximum absolute atomic E-state index is 14.8. The van der Waals surface area contributed by atoms with Gasteiger partial charge in [-0.25, -0.2) is 4.79 Å². The zero-order chi connectivity index (χ0) is 42.9. The molecule has 0 amide bonds. The van der Waals surface area contributed by atoms with Crippen LogP contribution in [-0.4, -0.2) is 53.5 Å². The Morgan fingerprint density at radius 1 is 0.696 bits per heavy atom. The highest BCUT2D eigenvalue weighted by atomic mass is 35.5. The van der Waals surface area contributed by atoms with Gasteiger partial charge in [0, 0.05) is 41.3 Å². The van der Waals surface area contributed by atoms with Gasteiger partial charge in [-0.05, 0) is 60.6 Å². The first kappa shape index (κ1) is 45.9. The first-order valence-corrected chi connectivity index (χ1v) is 16.4. The molecule has 0 spiro atoms. The number of nitrogens with zero attached hydrogens (tertiary/aromatic N) is 1. The van der Waals surface area contributed by atoms with E-state index in [9.17, 15) is 71.1 Å². The number of benzene rings is 3. The number of hydrogen-bond acceptors (Lipinski definition) is 4. The molecule has 4 nitrogen and oxygen atoms in total. The van der Waals surface area contributed by atoms with Crippen molar-refractivity contribution in [3.8, 4) is 11.1 Å². The van der Waals surface area contributed by atoms with Crippen LogP contribution in [0.25, 0.3) is 11.1 Å². The molecule has 0 fully saturated rings. The highest BCUT2D eigenvalue weighted by molar-refractivity contribution is 6.51. The van der Waals surface area contributed by atoms with Crippen LogP contribution in [0.3, 0.4) is 0 Å². The molecule has 19 heteroatoms. The van der Waals surface area contributed by atoms with E-state index in [0.717, 1.165) is 37.3 Å². The van der Waals surface area contributed by atoms with Gasteiger partial charge in [0.05, 0.1) is 0 Å². The Balaban J connectivity index is 0.00000200. The Kier molecular flexibility index (Phi) is 13.3. The molecule has 0 radical (unpaired) electrons. The van der Waals surface area contributed by atoms with Crippen molar-refractivity contribution in [2.75, 3.05) is 0 Å². The Morgan fingerprint density at radius 3 is 1.61 bits per heavy atom. The number of allylic oxidation sites excluding steroid dienone is 1. The summed E-state index contributed by atoms with van der Waals surface area (Å²) in [6, 6.07) is 13.6. The minimum Gasteiger partial charge on any atom is -0.318 e. The summed E-state index contributed by atoms with van der Waals surface area (Å²) in [7, 11) is 0. The van der Waals surface area contributed by atoms with Crippen LogP contribution in [0.1, 0.15) is 72.1 Å². The van der Waals surface area contributed by atoms with Crippen molar-refractivity contribution in [1.82, 2.24) is 0 Å². The topological polar surface area (TPSA) is 55.7 Å². The van der Waals surface area contributed by atoms with Gasteiger partial charge in [0.1, 0.15) is 0 Å². The molecule has 0 saturated carbocycles. The lowest BCUT2D eigenvalue weighted by Crippen LogP contribution is -2.53. The number of rotatable bonds is 12. The first-order chi connectivity index (χ1) is 25.4. The second-order valence-corrected chi connectivity index (χ2v) is 13.4. The average Bonchev–Trinajstić information content (AvgIpc) is 3.35. The molecule has 1 aliphatic rings. The van der Waals surface area contributed by atoms with Crippen molar-refractivity contribution in [2.45, 2.75) is 87.9 Å². The van der Waals surface area contributed by atoms with Crippen molar-refractivity contribution in [2.24, 2.45) is 5.16 Å². The predicted octanol–water partition coefficient (Wildman–Crippen LogP) is 12.4.